The van der Waals surface area contributed by atoms with Crippen LogP contribution in [-0.4, -0.2) is 87.9 Å². The first-order chi connectivity index (χ1) is 11.2. The number of nitrogens with one attached hydrogen (secondary N) is 2. The number of hydrogen-bond acceptors (Lipinski definition) is 4. The summed E-state index contributed by atoms with van der Waals surface area (Å²) in [5, 5.41) is 6.96. The highest BCUT2D eigenvalue weighted by molar-refractivity contribution is 5.79. The highest BCUT2D eigenvalue weighted by atomic mass is 16.5. The van der Waals surface area contributed by atoms with Gasteiger partial charge < -0.3 is 15.4 Å². The lowest BCUT2D eigenvalue weighted by atomic mass is 10.0. The number of likely N-dealkylation sites (tertiary alicyclic amines) is 1. The van der Waals surface area contributed by atoms with Crippen molar-refractivity contribution in [2.75, 3.05) is 66.1 Å². The third-order valence-corrected chi connectivity index (χ3v) is 4.91. The van der Waals surface area contributed by atoms with Crippen molar-refractivity contribution in [2.24, 2.45) is 10.9 Å². The molecule has 0 spiro atoms. The van der Waals surface area contributed by atoms with E-state index in [1.54, 1.807) is 0 Å². The van der Waals surface area contributed by atoms with E-state index in [4.69, 9.17) is 4.74 Å². The number of rotatable bonds is 7. The molecule has 0 radical (unpaired) electrons. The fourth-order valence-electron chi connectivity index (χ4n) is 3.44. The molecule has 2 aliphatic heterocycles. The summed E-state index contributed by atoms with van der Waals surface area (Å²) in [5.74, 6) is 1.58. The summed E-state index contributed by atoms with van der Waals surface area (Å²) < 4.78 is 5.38. The molecule has 2 fully saturated rings. The lowest BCUT2D eigenvalue weighted by Crippen LogP contribution is -2.49. The first-order valence-corrected chi connectivity index (χ1v) is 9.19. The molecule has 2 N–H and O–H groups in total. The molecule has 2 heterocycles. The molecular weight excluding hydrogens is 290 g/mol. The summed E-state index contributed by atoms with van der Waals surface area (Å²) in [6.07, 6.45) is 2.69. The predicted octanol–water partition coefficient (Wildman–Crippen LogP) is 0.604. The molecule has 0 amide bonds. The van der Waals surface area contributed by atoms with Crippen LogP contribution in [0.4, 0.5) is 0 Å². The minimum absolute atomic E-state index is 0.593. The molecule has 0 bridgehead atoms. The van der Waals surface area contributed by atoms with Crippen LogP contribution in [0.25, 0.3) is 0 Å². The van der Waals surface area contributed by atoms with E-state index in [1.165, 1.54) is 25.9 Å². The van der Waals surface area contributed by atoms with Gasteiger partial charge in [-0.3, -0.25) is 14.8 Å². The van der Waals surface area contributed by atoms with E-state index in [0.717, 1.165) is 51.9 Å². The van der Waals surface area contributed by atoms with Crippen molar-refractivity contribution in [3.05, 3.63) is 0 Å². The summed E-state index contributed by atoms with van der Waals surface area (Å²) in [7, 11) is 1.85. The summed E-state index contributed by atoms with van der Waals surface area (Å²) in [5.41, 5.74) is 0. The van der Waals surface area contributed by atoms with Gasteiger partial charge in [0.2, 0.25) is 0 Å². The zero-order valence-corrected chi connectivity index (χ0v) is 15.2. The largest absolute Gasteiger partial charge is 0.379 e. The number of morpholine rings is 1. The lowest BCUT2D eigenvalue weighted by Gasteiger charge is -2.31. The highest BCUT2D eigenvalue weighted by Crippen LogP contribution is 2.16. The average molecular weight is 326 g/mol. The van der Waals surface area contributed by atoms with Crippen LogP contribution in [0, 0.1) is 5.92 Å². The van der Waals surface area contributed by atoms with Gasteiger partial charge in [-0.2, -0.15) is 0 Å². The van der Waals surface area contributed by atoms with Crippen LogP contribution in [0.2, 0.25) is 0 Å². The average Bonchev–Trinajstić information content (AvgIpc) is 3.08. The van der Waals surface area contributed by atoms with Gasteiger partial charge in [0.25, 0.3) is 0 Å². The van der Waals surface area contributed by atoms with Crippen LogP contribution in [0.1, 0.15) is 26.7 Å². The fourth-order valence-corrected chi connectivity index (χ4v) is 3.44. The Morgan fingerprint density at radius 2 is 1.78 bits per heavy atom. The third-order valence-electron chi connectivity index (χ3n) is 4.91. The van der Waals surface area contributed by atoms with Gasteiger partial charge in [-0.05, 0) is 31.8 Å². The Kier molecular flexibility index (Phi) is 8.12. The van der Waals surface area contributed by atoms with Crippen LogP contribution in [0.15, 0.2) is 4.99 Å². The van der Waals surface area contributed by atoms with Gasteiger partial charge in [0.1, 0.15) is 0 Å². The van der Waals surface area contributed by atoms with Crippen LogP contribution < -0.4 is 10.6 Å². The number of nitrogens with zero attached hydrogens (tertiary/aromatic N) is 3. The van der Waals surface area contributed by atoms with Crippen molar-refractivity contribution in [1.29, 1.82) is 0 Å². The van der Waals surface area contributed by atoms with Crippen LogP contribution in [-0.2, 0) is 4.74 Å². The topological polar surface area (TPSA) is 52.1 Å². The SMILES string of the molecule is CN=C(NCCN1CCOCC1)NCC(C(C)C)N1CCCC1. The predicted molar refractivity (Wildman–Crippen MR) is 96.1 cm³/mol. The number of ether oxygens (including phenoxy) is 1. The molecule has 6 nitrogen and oxygen atoms in total. The summed E-state index contributed by atoms with van der Waals surface area (Å²) in [6, 6.07) is 0.593. The molecule has 6 heteroatoms. The molecule has 0 aliphatic carbocycles. The van der Waals surface area contributed by atoms with Gasteiger partial charge in [-0.1, -0.05) is 13.8 Å². The molecule has 0 aromatic heterocycles. The van der Waals surface area contributed by atoms with Crippen molar-refractivity contribution in [3.8, 4) is 0 Å². The Labute approximate surface area is 141 Å². The second-order valence-corrected chi connectivity index (χ2v) is 6.89. The van der Waals surface area contributed by atoms with E-state index in [2.05, 4.69) is 39.3 Å². The van der Waals surface area contributed by atoms with E-state index in [1.807, 2.05) is 7.05 Å². The first kappa shape index (κ1) is 18.5. The summed E-state index contributed by atoms with van der Waals surface area (Å²) in [4.78, 5) is 9.42. The Morgan fingerprint density at radius 3 is 2.39 bits per heavy atom. The third kappa shape index (κ3) is 6.28. The highest BCUT2D eigenvalue weighted by Gasteiger charge is 2.24. The molecule has 0 aromatic carbocycles. The van der Waals surface area contributed by atoms with Crippen LogP contribution in [0.3, 0.4) is 0 Å². The van der Waals surface area contributed by atoms with E-state index in [0.29, 0.717) is 12.0 Å². The Bertz CT molecular complexity index is 349. The number of hydrogen-bond donors (Lipinski definition) is 2. The van der Waals surface area contributed by atoms with Crippen molar-refractivity contribution in [2.45, 2.75) is 32.7 Å². The molecule has 0 aromatic rings. The van der Waals surface area contributed by atoms with E-state index >= 15 is 0 Å². The zero-order valence-electron chi connectivity index (χ0n) is 15.2. The van der Waals surface area contributed by atoms with Crippen LogP contribution >= 0.6 is 0 Å². The minimum Gasteiger partial charge on any atom is -0.379 e. The van der Waals surface area contributed by atoms with Crippen molar-refractivity contribution >= 4 is 5.96 Å². The standard InChI is InChI=1S/C17H35N5O/c1-15(2)16(22-7-4-5-8-22)14-20-17(18-3)19-6-9-21-10-12-23-13-11-21/h15-16H,4-14H2,1-3H3,(H2,18,19,20). The molecule has 0 saturated carbocycles. The van der Waals surface area contributed by atoms with Crippen molar-refractivity contribution in [1.82, 2.24) is 20.4 Å². The van der Waals surface area contributed by atoms with Crippen molar-refractivity contribution in [3.63, 3.8) is 0 Å². The zero-order chi connectivity index (χ0) is 16.5. The molecule has 2 rings (SSSR count). The Hall–Kier alpha value is -0.850. The minimum atomic E-state index is 0.593. The summed E-state index contributed by atoms with van der Waals surface area (Å²) in [6.45, 7) is 13.9. The molecule has 1 unspecified atom stereocenters. The van der Waals surface area contributed by atoms with Gasteiger partial charge in [0, 0.05) is 45.8 Å². The second-order valence-electron chi connectivity index (χ2n) is 6.89. The Morgan fingerprint density at radius 1 is 1.09 bits per heavy atom. The number of aliphatic imine (C=N–C) groups is 1. The van der Waals surface area contributed by atoms with Gasteiger partial charge in [0.15, 0.2) is 5.96 Å². The van der Waals surface area contributed by atoms with E-state index in [-0.39, 0.29) is 0 Å². The quantitative estimate of drug-likeness (QED) is 0.530. The molecule has 2 aliphatic rings. The normalized spacial score (nSPS) is 22.5. The Balaban J connectivity index is 1.68. The monoisotopic (exact) mass is 325 g/mol. The maximum absolute atomic E-state index is 5.38. The van der Waals surface area contributed by atoms with Gasteiger partial charge in [-0.15, -0.1) is 0 Å². The van der Waals surface area contributed by atoms with E-state index < -0.39 is 0 Å². The first-order valence-electron chi connectivity index (χ1n) is 9.19. The van der Waals surface area contributed by atoms with Gasteiger partial charge >= 0.3 is 0 Å². The van der Waals surface area contributed by atoms with Gasteiger partial charge in [-0.25, -0.2) is 0 Å². The van der Waals surface area contributed by atoms with Gasteiger partial charge in [0.05, 0.1) is 13.2 Å². The second kappa shape index (κ2) is 10.1. The molecular formula is C17H35N5O. The van der Waals surface area contributed by atoms with E-state index in [9.17, 15) is 0 Å². The maximum Gasteiger partial charge on any atom is 0.191 e. The van der Waals surface area contributed by atoms with Crippen molar-refractivity contribution < 1.29 is 4.74 Å². The smallest absolute Gasteiger partial charge is 0.191 e. The fraction of sp³-hybridized carbons (Fsp3) is 0.941. The molecule has 134 valence electrons. The lowest BCUT2D eigenvalue weighted by molar-refractivity contribution is 0.0389. The molecule has 23 heavy (non-hydrogen) atoms. The summed E-state index contributed by atoms with van der Waals surface area (Å²) >= 11 is 0. The molecule has 2 saturated heterocycles. The molecule has 1 atom stereocenters. The number of guanidine groups is 1. The van der Waals surface area contributed by atoms with Crippen LogP contribution in [0.5, 0.6) is 0 Å². The maximum atomic E-state index is 5.38.